The van der Waals surface area contributed by atoms with Crippen molar-refractivity contribution in [2.75, 3.05) is 0 Å². The Labute approximate surface area is 129 Å². The minimum atomic E-state index is -0.848. The van der Waals surface area contributed by atoms with Gasteiger partial charge in [0.05, 0.1) is 10.6 Å². The molecule has 0 saturated heterocycles. The van der Waals surface area contributed by atoms with Gasteiger partial charge in [0.2, 0.25) is 0 Å². The summed E-state index contributed by atoms with van der Waals surface area (Å²) in [5.74, 6) is 0.349. The van der Waals surface area contributed by atoms with Gasteiger partial charge in [-0.15, -0.1) is 11.3 Å². The number of primary amides is 1. The van der Waals surface area contributed by atoms with Gasteiger partial charge in [0.15, 0.2) is 11.4 Å². The van der Waals surface area contributed by atoms with E-state index in [0.717, 1.165) is 10.6 Å². The van der Waals surface area contributed by atoms with Crippen LogP contribution < -0.4 is 10.5 Å². The van der Waals surface area contributed by atoms with Crippen molar-refractivity contribution >= 4 is 33.2 Å². The summed E-state index contributed by atoms with van der Waals surface area (Å²) in [7, 11) is 0. The van der Waals surface area contributed by atoms with Gasteiger partial charge in [-0.05, 0) is 29.7 Å². The van der Waals surface area contributed by atoms with Crippen molar-refractivity contribution in [3.8, 4) is 16.3 Å². The Morgan fingerprint density at radius 2 is 2.09 bits per heavy atom. The monoisotopic (exact) mass is 309 g/mol. The zero-order chi connectivity index (χ0) is 15.1. The lowest BCUT2D eigenvalue weighted by Gasteiger charge is -2.01. The minimum absolute atomic E-state index is 0.349. The van der Waals surface area contributed by atoms with Crippen molar-refractivity contribution in [1.82, 2.24) is 9.38 Å². The maximum absolute atomic E-state index is 11.0. The Balaban J connectivity index is 1.86. The normalized spacial score (nSPS) is 11.1. The van der Waals surface area contributed by atoms with Crippen LogP contribution in [0.1, 0.15) is 0 Å². The van der Waals surface area contributed by atoms with Crippen LogP contribution in [0.25, 0.3) is 26.3 Å². The van der Waals surface area contributed by atoms with Gasteiger partial charge in [-0.1, -0.05) is 18.2 Å². The third-order valence-electron chi connectivity index (χ3n) is 3.34. The summed E-state index contributed by atoms with van der Waals surface area (Å²) in [5.41, 5.74) is 6.49. The molecule has 3 heterocycles. The van der Waals surface area contributed by atoms with Crippen LogP contribution in [0, 0.1) is 0 Å². The number of rotatable bonds is 2. The van der Waals surface area contributed by atoms with Crippen molar-refractivity contribution in [1.29, 1.82) is 0 Å². The molecule has 0 aliphatic rings. The van der Waals surface area contributed by atoms with Gasteiger partial charge in [-0.2, -0.15) is 0 Å². The smallest absolute Gasteiger partial charge is 0.406 e. The number of aromatic nitrogens is 2. The Morgan fingerprint density at radius 1 is 1.23 bits per heavy atom. The van der Waals surface area contributed by atoms with Gasteiger partial charge in [-0.25, -0.2) is 9.78 Å². The maximum atomic E-state index is 11.0. The van der Waals surface area contributed by atoms with E-state index in [1.54, 1.807) is 23.5 Å². The van der Waals surface area contributed by atoms with Gasteiger partial charge < -0.3 is 14.9 Å². The first kappa shape index (κ1) is 12.8. The number of imidazole rings is 1. The minimum Gasteiger partial charge on any atom is -0.406 e. The molecule has 1 amide bonds. The Kier molecular flexibility index (Phi) is 2.83. The highest BCUT2D eigenvalue weighted by Gasteiger charge is 2.12. The zero-order valence-electron chi connectivity index (χ0n) is 11.4. The second kappa shape index (κ2) is 4.85. The number of amides is 1. The molecular formula is C16H11N3O2S. The zero-order valence-corrected chi connectivity index (χ0v) is 12.2. The number of pyridine rings is 1. The third-order valence-corrected chi connectivity index (χ3v) is 4.47. The SMILES string of the molecule is NC(=O)Oc1cccn2cc(-c3cc4ccccc4s3)nc12. The van der Waals surface area contributed by atoms with E-state index in [-0.39, 0.29) is 0 Å². The second-order valence-corrected chi connectivity index (χ2v) is 5.88. The van der Waals surface area contributed by atoms with Crippen LogP contribution >= 0.6 is 11.3 Å². The molecule has 6 heteroatoms. The average Bonchev–Trinajstić information content (AvgIpc) is 3.10. The number of thiophene rings is 1. The predicted molar refractivity (Wildman–Crippen MR) is 86.2 cm³/mol. The lowest BCUT2D eigenvalue weighted by molar-refractivity contribution is 0.211. The maximum Gasteiger partial charge on any atom is 0.410 e. The lowest BCUT2D eigenvalue weighted by Crippen LogP contribution is -2.16. The summed E-state index contributed by atoms with van der Waals surface area (Å²) >= 11 is 1.68. The topological polar surface area (TPSA) is 69.6 Å². The molecule has 4 rings (SSSR count). The van der Waals surface area contributed by atoms with E-state index in [4.69, 9.17) is 10.5 Å². The van der Waals surface area contributed by atoms with E-state index < -0.39 is 6.09 Å². The molecule has 22 heavy (non-hydrogen) atoms. The molecule has 0 radical (unpaired) electrons. The van der Waals surface area contributed by atoms with E-state index in [2.05, 4.69) is 23.2 Å². The van der Waals surface area contributed by atoms with Crippen LogP contribution in [-0.4, -0.2) is 15.5 Å². The Hall–Kier alpha value is -2.86. The van der Waals surface area contributed by atoms with Crippen LogP contribution in [-0.2, 0) is 0 Å². The lowest BCUT2D eigenvalue weighted by atomic mass is 10.2. The second-order valence-electron chi connectivity index (χ2n) is 4.80. The van der Waals surface area contributed by atoms with Crippen LogP contribution in [0.3, 0.4) is 0 Å². The molecule has 1 aromatic carbocycles. The number of hydrogen-bond donors (Lipinski definition) is 1. The predicted octanol–water partition coefficient (Wildman–Crippen LogP) is 3.67. The molecular weight excluding hydrogens is 298 g/mol. The molecule has 3 aromatic heterocycles. The summed E-state index contributed by atoms with van der Waals surface area (Å²) in [6.07, 6.45) is 2.92. The first-order valence-corrected chi connectivity index (χ1v) is 7.46. The van der Waals surface area contributed by atoms with E-state index in [0.29, 0.717) is 11.4 Å². The van der Waals surface area contributed by atoms with Crippen molar-refractivity contribution in [3.05, 3.63) is 54.9 Å². The summed E-state index contributed by atoms with van der Waals surface area (Å²) < 4.78 is 8.02. The summed E-state index contributed by atoms with van der Waals surface area (Å²) in [5, 5.41) is 1.19. The van der Waals surface area contributed by atoms with Crippen molar-refractivity contribution in [2.24, 2.45) is 5.73 Å². The highest BCUT2D eigenvalue weighted by molar-refractivity contribution is 7.22. The van der Waals surface area contributed by atoms with Gasteiger partial charge in [-0.3, -0.25) is 0 Å². The number of ether oxygens (including phenoxy) is 1. The van der Waals surface area contributed by atoms with Crippen LogP contribution in [0.2, 0.25) is 0 Å². The number of nitrogens with two attached hydrogens (primary N) is 1. The molecule has 5 nitrogen and oxygen atoms in total. The van der Waals surface area contributed by atoms with Crippen LogP contribution in [0.5, 0.6) is 5.75 Å². The van der Waals surface area contributed by atoms with Gasteiger partial charge >= 0.3 is 6.09 Å². The first-order chi connectivity index (χ1) is 10.7. The van der Waals surface area contributed by atoms with Crippen LogP contribution in [0.15, 0.2) is 54.9 Å². The largest absolute Gasteiger partial charge is 0.410 e. The van der Waals surface area contributed by atoms with Crippen LogP contribution in [0.4, 0.5) is 4.79 Å². The Morgan fingerprint density at radius 3 is 2.91 bits per heavy atom. The van der Waals surface area contributed by atoms with Gasteiger partial charge in [0.25, 0.3) is 0 Å². The molecule has 0 spiro atoms. The molecule has 108 valence electrons. The van der Waals surface area contributed by atoms with Gasteiger partial charge in [0.1, 0.15) is 0 Å². The number of fused-ring (bicyclic) bond motifs is 2. The summed E-state index contributed by atoms with van der Waals surface area (Å²) in [6.45, 7) is 0. The van der Waals surface area contributed by atoms with E-state index in [1.807, 2.05) is 28.9 Å². The van der Waals surface area contributed by atoms with E-state index in [1.165, 1.54) is 10.1 Å². The van der Waals surface area contributed by atoms with E-state index in [9.17, 15) is 4.79 Å². The quantitative estimate of drug-likeness (QED) is 0.614. The van der Waals surface area contributed by atoms with Crippen molar-refractivity contribution in [2.45, 2.75) is 0 Å². The highest BCUT2D eigenvalue weighted by atomic mass is 32.1. The Bertz CT molecular complexity index is 970. The van der Waals surface area contributed by atoms with Gasteiger partial charge in [0, 0.05) is 17.1 Å². The standard InChI is InChI=1S/C16H11N3O2S/c17-16(20)21-12-5-3-7-19-9-11(18-15(12)19)14-8-10-4-1-2-6-13(10)22-14/h1-9H,(H2,17,20). The molecule has 0 fully saturated rings. The fourth-order valence-electron chi connectivity index (χ4n) is 2.40. The molecule has 0 bridgehead atoms. The first-order valence-electron chi connectivity index (χ1n) is 6.65. The number of nitrogens with zero attached hydrogens (tertiary/aromatic N) is 2. The van der Waals surface area contributed by atoms with Crippen molar-refractivity contribution in [3.63, 3.8) is 0 Å². The number of hydrogen-bond acceptors (Lipinski definition) is 4. The highest BCUT2D eigenvalue weighted by Crippen LogP contribution is 2.33. The number of benzene rings is 1. The third kappa shape index (κ3) is 2.10. The molecule has 0 aliphatic carbocycles. The molecule has 0 saturated carbocycles. The molecule has 0 atom stereocenters. The molecule has 4 aromatic rings. The molecule has 0 unspecified atom stereocenters. The summed E-state index contributed by atoms with van der Waals surface area (Å²) in [4.78, 5) is 16.6. The average molecular weight is 309 g/mol. The number of carbonyl (C=O) groups is 1. The molecule has 0 aliphatic heterocycles. The van der Waals surface area contributed by atoms with Crippen molar-refractivity contribution < 1.29 is 9.53 Å². The number of carbonyl (C=O) groups excluding carboxylic acids is 1. The van der Waals surface area contributed by atoms with E-state index >= 15 is 0 Å². The fraction of sp³-hybridized carbons (Fsp3) is 0. The molecule has 2 N–H and O–H groups in total. The fourth-order valence-corrected chi connectivity index (χ4v) is 3.42. The summed E-state index contributed by atoms with van der Waals surface area (Å²) in [6, 6.07) is 13.7.